The summed E-state index contributed by atoms with van der Waals surface area (Å²) in [5.74, 6) is 0.185. The van der Waals surface area contributed by atoms with E-state index in [2.05, 4.69) is 0 Å². The lowest BCUT2D eigenvalue weighted by Crippen LogP contribution is -2.03. The predicted octanol–water partition coefficient (Wildman–Crippen LogP) is 4.42. The third-order valence-corrected chi connectivity index (χ3v) is 3.24. The largest absolute Gasteiger partial charge is 0.488 e. The van der Waals surface area contributed by atoms with Crippen molar-refractivity contribution in [3.63, 3.8) is 0 Å². The van der Waals surface area contributed by atoms with Crippen molar-refractivity contribution in [2.24, 2.45) is 0 Å². The molecule has 106 valence electrons. The molecule has 2 aromatic carbocycles. The van der Waals surface area contributed by atoms with Crippen molar-refractivity contribution in [3.8, 4) is 5.75 Å². The number of aliphatic hydroxyl groups is 1. The normalized spacial score (nSPS) is 12.2. The molecule has 0 bridgehead atoms. The van der Waals surface area contributed by atoms with E-state index >= 15 is 0 Å². The molecule has 0 fully saturated rings. The Kier molecular flexibility index (Phi) is 4.63. The van der Waals surface area contributed by atoms with Crippen LogP contribution >= 0.6 is 11.6 Å². The van der Waals surface area contributed by atoms with Gasteiger partial charge in [0.25, 0.3) is 0 Å². The first kappa shape index (κ1) is 14.8. The van der Waals surface area contributed by atoms with Gasteiger partial charge in [0.15, 0.2) is 0 Å². The zero-order valence-corrected chi connectivity index (χ0v) is 12.1. The maximum atomic E-state index is 13.6. The molecule has 0 saturated carbocycles. The molecule has 1 N–H and O–H groups in total. The topological polar surface area (TPSA) is 29.5 Å². The van der Waals surface area contributed by atoms with E-state index in [9.17, 15) is 9.50 Å². The fourth-order valence-electron chi connectivity index (χ4n) is 1.94. The van der Waals surface area contributed by atoms with Gasteiger partial charge in [0.05, 0.1) is 6.10 Å². The fraction of sp³-hybridized carbons (Fsp3) is 0.250. The van der Waals surface area contributed by atoms with Gasteiger partial charge in [-0.25, -0.2) is 4.39 Å². The number of benzene rings is 2. The van der Waals surface area contributed by atoms with Crippen molar-refractivity contribution in [2.45, 2.75) is 26.6 Å². The summed E-state index contributed by atoms with van der Waals surface area (Å²) in [6.45, 7) is 3.67. The smallest absolute Gasteiger partial charge is 0.129 e. The second kappa shape index (κ2) is 6.25. The molecule has 0 spiro atoms. The van der Waals surface area contributed by atoms with E-state index in [4.69, 9.17) is 16.3 Å². The highest BCUT2D eigenvalue weighted by atomic mass is 35.5. The molecule has 2 rings (SSSR count). The molecular formula is C16H16ClFO2. The molecule has 0 aliphatic rings. The Morgan fingerprint density at radius 1 is 1.25 bits per heavy atom. The van der Waals surface area contributed by atoms with Gasteiger partial charge in [0.2, 0.25) is 0 Å². The molecule has 0 saturated heterocycles. The van der Waals surface area contributed by atoms with Crippen LogP contribution in [0.15, 0.2) is 36.4 Å². The number of ether oxygens (including phenoxy) is 1. The molecule has 0 radical (unpaired) electrons. The van der Waals surface area contributed by atoms with Crippen LogP contribution in [-0.2, 0) is 6.61 Å². The number of aryl methyl sites for hydroxylation is 1. The SMILES string of the molecule is Cc1ccc(OCc2cc(Cl)ccc2F)c([C@H](C)O)c1. The van der Waals surface area contributed by atoms with Crippen molar-refractivity contribution in [3.05, 3.63) is 63.9 Å². The van der Waals surface area contributed by atoms with Crippen molar-refractivity contribution in [2.75, 3.05) is 0 Å². The van der Waals surface area contributed by atoms with E-state index in [1.165, 1.54) is 18.2 Å². The second-order valence-corrected chi connectivity index (χ2v) is 5.18. The van der Waals surface area contributed by atoms with Gasteiger partial charge in [-0.2, -0.15) is 0 Å². The van der Waals surface area contributed by atoms with Crippen LogP contribution in [0.2, 0.25) is 5.02 Å². The summed E-state index contributed by atoms with van der Waals surface area (Å²) in [7, 11) is 0. The highest BCUT2D eigenvalue weighted by Gasteiger charge is 2.11. The molecule has 0 aliphatic carbocycles. The van der Waals surface area contributed by atoms with Crippen LogP contribution in [0.25, 0.3) is 0 Å². The van der Waals surface area contributed by atoms with E-state index in [-0.39, 0.29) is 12.4 Å². The van der Waals surface area contributed by atoms with Crippen LogP contribution in [0.4, 0.5) is 4.39 Å². The Morgan fingerprint density at radius 3 is 2.70 bits per heavy atom. The van der Waals surface area contributed by atoms with Gasteiger partial charge in [-0.1, -0.05) is 23.2 Å². The molecule has 1 atom stereocenters. The van der Waals surface area contributed by atoms with Crippen molar-refractivity contribution in [1.82, 2.24) is 0 Å². The molecule has 0 heterocycles. The monoisotopic (exact) mass is 294 g/mol. The summed E-state index contributed by atoms with van der Waals surface area (Å²) >= 11 is 5.84. The average Bonchev–Trinajstić information content (AvgIpc) is 2.40. The minimum atomic E-state index is -0.644. The lowest BCUT2D eigenvalue weighted by atomic mass is 10.1. The first-order valence-electron chi connectivity index (χ1n) is 6.32. The highest BCUT2D eigenvalue weighted by Crippen LogP contribution is 2.27. The van der Waals surface area contributed by atoms with Crippen LogP contribution in [0.1, 0.15) is 29.7 Å². The Bertz CT molecular complexity index is 611. The van der Waals surface area contributed by atoms with E-state index in [1.807, 2.05) is 19.1 Å². The molecule has 0 aliphatic heterocycles. The van der Waals surface area contributed by atoms with Crippen LogP contribution in [0.5, 0.6) is 5.75 Å². The maximum Gasteiger partial charge on any atom is 0.129 e. The molecule has 0 unspecified atom stereocenters. The van der Waals surface area contributed by atoms with E-state index in [0.717, 1.165) is 5.56 Å². The molecule has 2 aromatic rings. The zero-order valence-electron chi connectivity index (χ0n) is 11.4. The van der Waals surface area contributed by atoms with Gasteiger partial charge in [-0.05, 0) is 44.2 Å². The molecular weight excluding hydrogens is 279 g/mol. The van der Waals surface area contributed by atoms with Crippen molar-refractivity contribution >= 4 is 11.6 Å². The standard InChI is InChI=1S/C16H16ClFO2/c1-10-3-6-16(14(7-10)11(2)19)20-9-12-8-13(17)4-5-15(12)18/h3-8,11,19H,9H2,1-2H3/t11-/m0/s1. The Hall–Kier alpha value is -1.58. The molecule has 0 amide bonds. The predicted molar refractivity (Wildman–Crippen MR) is 77.6 cm³/mol. The first-order chi connectivity index (χ1) is 9.47. The van der Waals surface area contributed by atoms with E-state index in [0.29, 0.717) is 21.9 Å². The molecule has 4 heteroatoms. The van der Waals surface area contributed by atoms with Gasteiger partial charge in [0, 0.05) is 16.1 Å². The maximum absolute atomic E-state index is 13.6. The summed E-state index contributed by atoms with van der Waals surface area (Å²) in [5, 5.41) is 10.2. The van der Waals surface area contributed by atoms with Crippen LogP contribution < -0.4 is 4.74 Å². The third kappa shape index (κ3) is 3.50. The molecule has 0 aromatic heterocycles. The quantitative estimate of drug-likeness (QED) is 0.904. The van der Waals surface area contributed by atoms with Gasteiger partial charge in [-0.3, -0.25) is 0 Å². The Labute approximate surface area is 122 Å². The van der Waals surface area contributed by atoms with E-state index in [1.54, 1.807) is 13.0 Å². The number of aliphatic hydroxyl groups excluding tert-OH is 1. The third-order valence-electron chi connectivity index (χ3n) is 3.01. The van der Waals surface area contributed by atoms with Gasteiger partial charge >= 0.3 is 0 Å². The number of halogens is 2. The van der Waals surface area contributed by atoms with Crippen LogP contribution in [0, 0.1) is 12.7 Å². The number of rotatable bonds is 4. The van der Waals surface area contributed by atoms with Crippen LogP contribution in [0.3, 0.4) is 0 Å². The summed E-state index contributed by atoms with van der Waals surface area (Å²) < 4.78 is 19.2. The van der Waals surface area contributed by atoms with Gasteiger partial charge < -0.3 is 9.84 Å². The van der Waals surface area contributed by atoms with Crippen molar-refractivity contribution in [1.29, 1.82) is 0 Å². The second-order valence-electron chi connectivity index (χ2n) is 4.74. The summed E-state index contributed by atoms with van der Waals surface area (Å²) in [5.41, 5.74) is 2.10. The van der Waals surface area contributed by atoms with Gasteiger partial charge in [-0.15, -0.1) is 0 Å². The fourth-order valence-corrected chi connectivity index (χ4v) is 2.13. The minimum Gasteiger partial charge on any atom is -0.488 e. The number of hydrogen-bond acceptors (Lipinski definition) is 2. The van der Waals surface area contributed by atoms with E-state index < -0.39 is 6.10 Å². The Morgan fingerprint density at radius 2 is 2.00 bits per heavy atom. The summed E-state index contributed by atoms with van der Waals surface area (Å²) in [6.07, 6.45) is -0.644. The van der Waals surface area contributed by atoms with Gasteiger partial charge in [0.1, 0.15) is 18.2 Å². The average molecular weight is 295 g/mol. The minimum absolute atomic E-state index is 0.0647. The lowest BCUT2D eigenvalue weighted by Gasteiger charge is -2.14. The van der Waals surface area contributed by atoms with Crippen LogP contribution in [-0.4, -0.2) is 5.11 Å². The first-order valence-corrected chi connectivity index (χ1v) is 6.70. The summed E-state index contributed by atoms with van der Waals surface area (Å²) in [6, 6.07) is 9.86. The zero-order chi connectivity index (χ0) is 14.7. The van der Waals surface area contributed by atoms with Crippen molar-refractivity contribution < 1.29 is 14.2 Å². The Balaban J connectivity index is 2.20. The number of hydrogen-bond donors (Lipinski definition) is 1. The molecule has 2 nitrogen and oxygen atoms in total. The molecule has 20 heavy (non-hydrogen) atoms. The summed E-state index contributed by atoms with van der Waals surface area (Å²) in [4.78, 5) is 0. The highest BCUT2D eigenvalue weighted by molar-refractivity contribution is 6.30. The lowest BCUT2D eigenvalue weighted by molar-refractivity contribution is 0.189.